The van der Waals surface area contributed by atoms with Crippen molar-refractivity contribution in [2.24, 2.45) is 0 Å². The van der Waals surface area contributed by atoms with Crippen LogP contribution < -0.4 is 0 Å². The van der Waals surface area contributed by atoms with Crippen molar-refractivity contribution in [2.75, 3.05) is 0 Å². The molecular weight excluding hydrogens is 234 g/mol. The Kier molecular flexibility index (Phi) is 9.38. The van der Waals surface area contributed by atoms with Crippen LogP contribution in [0.4, 0.5) is 0 Å². The van der Waals surface area contributed by atoms with Gasteiger partial charge in [-0.3, -0.25) is 0 Å². The highest BCUT2D eigenvalue weighted by Crippen LogP contribution is 2.11. The molecule has 110 valence electrons. The zero-order chi connectivity index (χ0) is 13.8. The van der Waals surface area contributed by atoms with Gasteiger partial charge in [0, 0.05) is 13.0 Å². The molecular formula is C16H31N3. The standard InChI is InChI=1S/C16H31N3/c1-3-5-6-7-8-9-10-11-12-13-16-18-17-15-19(16)14-4-2/h15H,3-14H2,1-2H3. The molecule has 0 aliphatic carbocycles. The maximum absolute atomic E-state index is 4.22. The summed E-state index contributed by atoms with van der Waals surface area (Å²) in [6.07, 6.45) is 16.5. The van der Waals surface area contributed by atoms with Crippen LogP contribution >= 0.6 is 0 Å². The summed E-state index contributed by atoms with van der Waals surface area (Å²) in [5.74, 6) is 1.17. The molecule has 0 saturated carbocycles. The van der Waals surface area contributed by atoms with Gasteiger partial charge in [-0.15, -0.1) is 10.2 Å². The van der Waals surface area contributed by atoms with E-state index in [4.69, 9.17) is 0 Å². The van der Waals surface area contributed by atoms with E-state index in [2.05, 4.69) is 28.6 Å². The minimum absolute atomic E-state index is 1.06. The first kappa shape index (κ1) is 16.2. The minimum Gasteiger partial charge on any atom is -0.318 e. The van der Waals surface area contributed by atoms with Gasteiger partial charge < -0.3 is 4.57 Å². The van der Waals surface area contributed by atoms with E-state index in [0.29, 0.717) is 0 Å². The molecule has 3 nitrogen and oxygen atoms in total. The average molecular weight is 265 g/mol. The van der Waals surface area contributed by atoms with Crippen molar-refractivity contribution in [1.82, 2.24) is 14.8 Å². The van der Waals surface area contributed by atoms with Crippen LogP contribution in [0.25, 0.3) is 0 Å². The average Bonchev–Trinajstić information content (AvgIpc) is 2.85. The molecule has 0 unspecified atom stereocenters. The van der Waals surface area contributed by atoms with Gasteiger partial charge >= 0.3 is 0 Å². The summed E-state index contributed by atoms with van der Waals surface area (Å²) >= 11 is 0. The van der Waals surface area contributed by atoms with Crippen LogP contribution in [0.3, 0.4) is 0 Å². The molecule has 0 fully saturated rings. The molecule has 1 aromatic heterocycles. The van der Waals surface area contributed by atoms with Crippen LogP contribution in [0, 0.1) is 0 Å². The molecule has 0 saturated heterocycles. The zero-order valence-electron chi connectivity index (χ0n) is 12.9. The second-order valence-electron chi connectivity index (χ2n) is 5.52. The molecule has 19 heavy (non-hydrogen) atoms. The summed E-state index contributed by atoms with van der Waals surface area (Å²) in [6, 6.07) is 0. The molecule has 1 rings (SSSR count). The van der Waals surface area contributed by atoms with Crippen molar-refractivity contribution in [3.05, 3.63) is 12.2 Å². The third kappa shape index (κ3) is 7.34. The normalized spacial score (nSPS) is 11.1. The Bertz CT molecular complexity index is 307. The highest BCUT2D eigenvalue weighted by molar-refractivity contribution is 4.85. The van der Waals surface area contributed by atoms with E-state index in [1.807, 2.05) is 6.33 Å². The number of aryl methyl sites for hydroxylation is 2. The summed E-state index contributed by atoms with van der Waals surface area (Å²) in [6.45, 7) is 5.53. The van der Waals surface area contributed by atoms with E-state index in [-0.39, 0.29) is 0 Å². The Morgan fingerprint density at radius 2 is 1.47 bits per heavy atom. The van der Waals surface area contributed by atoms with Gasteiger partial charge in [-0.05, 0) is 12.8 Å². The van der Waals surface area contributed by atoms with Gasteiger partial charge in [-0.1, -0.05) is 65.2 Å². The Morgan fingerprint density at radius 3 is 2.11 bits per heavy atom. The van der Waals surface area contributed by atoms with Gasteiger partial charge in [0.25, 0.3) is 0 Å². The van der Waals surface area contributed by atoms with Crippen LogP contribution in [-0.2, 0) is 13.0 Å². The Morgan fingerprint density at radius 1 is 0.842 bits per heavy atom. The van der Waals surface area contributed by atoms with E-state index >= 15 is 0 Å². The number of hydrogen-bond donors (Lipinski definition) is 0. The first-order chi connectivity index (χ1) is 9.38. The highest BCUT2D eigenvalue weighted by atomic mass is 15.3. The van der Waals surface area contributed by atoms with Crippen molar-refractivity contribution in [1.29, 1.82) is 0 Å². The Labute approximate surface area is 118 Å². The molecule has 0 atom stereocenters. The summed E-state index contributed by atoms with van der Waals surface area (Å²) < 4.78 is 2.20. The summed E-state index contributed by atoms with van der Waals surface area (Å²) in [5.41, 5.74) is 0. The fourth-order valence-electron chi connectivity index (χ4n) is 2.49. The van der Waals surface area contributed by atoms with Gasteiger partial charge in [0.2, 0.25) is 0 Å². The smallest absolute Gasteiger partial charge is 0.132 e. The number of aromatic nitrogens is 3. The van der Waals surface area contributed by atoms with E-state index < -0.39 is 0 Å². The third-order valence-corrected chi connectivity index (χ3v) is 3.66. The van der Waals surface area contributed by atoms with Crippen LogP contribution in [0.1, 0.15) is 83.9 Å². The van der Waals surface area contributed by atoms with E-state index in [0.717, 1.165) is 19.4 Å². The topological polar surface area (TPSA) is 30.7 Å². The molecule has 0 N–H and O–H groups in total. The summed E-state index contributed by atoms with van der Waals surface area (Å²) in [7, 11) is 0. The molecule has 1 aromatic rings. The maximum Gasteiger partial charge on any atom is 0.132 e. The molecule has 0 aromatic carbocycles. The van der Waals surface area contributed by atoms with Gasteiger partial charge in [0.05, 0.1) is 0 Å². The second-order valence-corrected chi connectivity index (χ2v) is 5.52. The van der Waals surface area contributed by atoms with Crippen molar-refractivity contribution in [2.45, 2.75) is 91.0 Å². The molecule has 3 heteroatoms. The lowest BCUT2D eigenvalue weighted by atomic mass is 10.1. The Hall–Kier alpha value is -0.860. The van der Waals surface area contributed by atoms with Crippen LogP contribution in [-0.4, -0.2) is 14.8 Å². The Balaban J connectivity index is 1.97. The summed E-state index contributed by atoms with van der Waals surface area (Å²) in [4.78, 5) is 0. The lowest BCUT2D eigenvalue weighted by Gasteiger charge is -2.04. The number of unbranched alkanes of at least 4 members (excludes halogenated alkanes) is 8. The van der Waals surface area contributed by atoms with E-state index in [9.17, 15) is 0 Å². The van der Waals surface area contributed by atoms with Crippen molar-refractivity contribution >= 4 is 0 Å². The van der Waals surface area contributed by atoms with Crippen molar-refractivity contribution in [3.8, 4) is 0 Å². The van der Waals surface area contributed by atoms with E-state index in [1.54, 1.807) is 0 Å². The molecule has 0 spiro atoms. The molecule has 0 radical (unpaired) electrons. The molecule has 0 bridgehead atoms. The SMILES string of the molecule is CCCCCCCCCCCc1nncn1CCC. The van der Waals surface area contributed by atoms with Crippen LogP contribution in [0.15, 0.2) is 6.33 Å². The third-order valence-electron chi connectivity index (χ3n) is 3.66. The van der Waals surface area contributed by atoms with Gasteiger partial charge in [0.15, 0.2) is 0 Å². The lowest BCUT2D eigenvalue weighted by molar-refractivity contribution is 0.553. The molecule has 0 amide bonds. The minimum atomic E-state index is 1.06. The molecule has 1 heterocycles. The molecule has 0 aliphatic heterocycles. The number of hydrogen-bond acceptors (Lipinski definition) is 2. The van der Waals surface area contributed by atoms with Gasteiger partial charge in [0.1, 0.15) is 12.2 Å². The van der Waals surface area contributed by atoms with Crippen molar-refractivity contribution < 1.29 is 0 Å². The monoisotopic (exact) mass is 265 g/mol. The number of rotatable bonds is 12. The zero-order valence-corrected chi connectivity index (χ0v) is 12.9. The fraction of sp³-hybridized carbons (Fsp3) is 0.875. The first-order valence-electron chi connectivity index (χ1n) is 8.25. The van der Waals surface area contributed by atoms with Crippen LogP contribution in [0.2, 0.25) is 0 Å². The predicted octanol–water partition coefficient (Wildman–Crippen LogP) is 4.76. The second kappa shape index (κ2) is 11.0. The molecule has 0 aliphatic rings. The number of nitrogens with zero attached hydrogens (tertiary/aromatic N) is 3. The van der Waals surface area contributed by atoms with Crippen LogP contribution in [0.5, 0.6) is 0 Å². The maximum atomic E-state index is 4.22. The lowest BCUT2D eigenvalue weighted by Crippen LogP contribution is -2.02. The summed E-state index contributed by atoms with van der Waals surface area (Å²) in [5, 5.41) is 8.23. The quantitative estimate of drug-likeness (QED) is 0.510. The van der Waals surface area contributed by atoms with Crippen molar-refractivity contribution in [3.63, 3.8) is 0 Å². The highest BCUT2D eigenvalue weighted by Gasteiger charge is 2.02. The first-order valence-corrected chi connectivity index (χ1v) is 8.25. The van der Waals surface area contributed by atoms with Gasteiger partial charge in [-0.2, -0.15) is 0 Å². The predicted molar refractivity (Wildman–Crippen MR) is 81.2 cm³/mol. The van der Waals surface area contributed by atoms with Gasteiger partial charge in [-0.25, -0.2) is 0 Å². The van der Waals surface area contributed by atoms with E-state index in [1.165, 1.54) is 63.6 Å². The fourth-order valence-corrected chi connectivity index (χ4v) is 2.49. The largest absolute Gasteiger partial charge is 0.318 e.